The number of aliphatic carboxylic acids is 1. The van der Waals surface area contributed by atoms with Crippen molar-refractivity contribution in [2.75, 3.05) is 11.1 Å². The van der Waals surface area contributed by atoms with Crippen LogP contribution in [0.5, 0.6) is 0 Å². The van der Waals surface area contributed by atoms with Gasteiger partial charge in [-0.1, -0.05) is 19.1 Å². The third-order valence-electron chi connectivity index (χ3n) is 3.39. The van der Waals surface area contributed by atoms with Gasteiger partial charge < -0.3 is 10.4 Å². The lowest BCUT2D eigenvalue weighted by atomic mass is 9.89. The number of hydrogen-bond donors (Lipinski definition) is 2. The Hall–Kier alpha value is -1.23. The zero-order chi connectivity index (χ0) is 13.2. The predicted octanol–water partition coefficient (Wildman–Crippen LogP) is 2.98. The van der Waals surface area contributed by atoms with E-state index in [-0.39, 0.29) is 10.9 Å². The number of carboxylic acids is 1. The molecule has 18 heavy (non-hydrogen) atoms. The van der Waals surface area contributed by atoms with E-state index >= 15 is 0 Å². The SMILES string of the molecule is CC1SCCCC1(Nc1ccccc1F)C(=O)O. The minimum atomic E-state index is -1.08. The maximum absolute atomic E-state index is 13.6. The Labute approximate surface area is 110 Å². The molecule has 1 fully saturated rings. The molecule has 1 aromatic carbocycles. The van der Waals surface area contributed by atoms with Crippen LogP contribution in [0.3, 0.4) is 0 Å². The fraction of sp³-hybridized carbons (Fsp3) is 0.462. The molecule has 0 saturated carbocycles. The molecule has 2 unspecified atom stereocenters. The molecule has 2 atom stereocenters. The molecule has 0 spiro atoms. The molecule has 1 aliphatic rings. The number of para-hydroxylation sites is 1. The molecular formula is C13H16FNO2S. The van der Waals surface area contributed by atoms with E-state index in [2.05, 4.69) is 5.32 Å². The first-order chi connectivity index (χ1) is 8.56. The Bertz CT molecular complexity index is 454. The normalized spacial score (nSPS) is 27.8. The van der Waals surface area contributed by atoms with Crippen LogP contribution in [0.25, 0.3) is 0 Å². The van der Waals surface area contributed by atoms with Crippen molar-refractivity contribution in [1.29, 1.82) is 0 Å². The summed E-state index contributed by atoms with van der Waals surface area (Å²) >= 11 is 1.61. The second-order valence-corrected chi connectivity index (χ2v) is 5.95. The molecule has 3 nitrogen and oxygen atoms in total. The van der Waals surface area contributed by atoms with Gasteiger partial charge in [-0.2, -0.15) is 11.8 Å². The molecule has 5 heteroatoms. The molecule has 98 valence electrons. The van der Waals surface area contributed by atoms with Crippen LogP contribution in [0, 0.1) is 5.82 Å². The highest BCUT2D eigenvalue weighted by Gasteiger charge is 2.46. The molecule has 0 radical (unpaired) electrons. The monoisotopic (exact) mass is 269 g/mol. The van der Waals surface area contributed by atoms with Gasteiger partial charge in [-0.25, -0.2) is 9.18 Å². The Balaban J connectivity index is 2.32. The summed E-state index contributed by atoms with van der Waals surface area (Å²) in [5.74, 6) is -0.374. The zero-order valence-corrected chi connectivity index (χ0v) is 11.0. The molecule has 2 N–H and O–H groups in total. The van der Waals surface area contributed by atoms with Crippen molar-refractivity contribution in [3.8, 4) is 0 Å². The molecule has 1 heterocycles. The van der Waals surface area contributed by atoms with Gasteiger partial charge in [0, 0.05) is 5.25 Å². The quantitative estimate of drug-likeness (QED) is 0.885. The summed E-state index contributed by atoms with van der Waals surface area (Å²) in [5, 5.41) is 12.3. The fourth-order valence-corrected chi connectivity index (χ4v) is 3.48. The number of halogens is 1. The van der Waals surface area contributed by atoms with E-state index in [4.69, 9.17) is 0 Å². The van der Waals surface area contributed by atoms with Gasteiger partial charge in [0.2, 0.25) is 0 Å². The van der Waals surface area contributed by atoms with Crippen LogP contribution in [-0.2, 0) is 4.79 Å². The van der Waals surface area contributed by atoms with Crippen LogP contribution in [-0.4, -0.2) is 27.6 Å². The lowest BCUT2D eigenvalue weighted by Crippen LogP contribution is -2.55. The minimum absolute atomic E-state index is 0.0941. The van der Waals surface area contributed by atoms with E-state index in [1.54, 1.807) is 30.0 Å². The van der Waals surface area contributed by atoms with E-state index in [9.17, 15) is 14.3 Å². The van der Waals surface area contributed by atoms with Crippen LogP contribution in [0.4, 0.5) is 10.1 Å². The lowest BCUT2D eigenvalue weighted by molar-refractivity contribution is -0.142. The summed E-state index contributed by atoms with van der Waals surface area (Å²) in [4.78, 5) is 11.6. The second-order valence-electron chi connectivity index (χ2n) is 4.50. The molecule has 0 aromatic heterocycles. The zero-order valence-electron chi connectivity index (χ0n) is 10.1. The second kappa shape index (κ2) is 5.18. The first kappa shape index (κ1) is 13.2. The highest BCUT2D eigenvalue weighted by Crippen LogP contribution is 2.37. The first-order valence-electron chi connectivity index (χ1n) is 5.94. The van der Waals surface area contributed by atoms with Gasteiger partial charge in [0.15, 0.2) is 0 Å². The Morgan fingerprint density at radius 3 is 2.89 bits per heavy atom. The summed E-state index contributed by atoms with van der Waals surface area (Å²) in [6.07, 6.45) is 1.34. The van der Waals surface area contributed by atoms with Gasteiger partial charge >= 0.3 is 5.97 Å². The Morgan fingerprint density at radius 1 is 1.56 bits per heavy atom. The number of carboxylic acid groups (broad SMARTS) is 1. The molecule has 1 aliphatic heterocycles. The summed E-state index contributed by atoms with van der Waals surface area (Å²) in [6.45, 7) is 1.88. The molecule has 0 aliphatic carbocycles. The van der Waals surface area contributed by atoms with Gasteiger partial charge in [0.25, 0.3) is 0 Å². The number of nitrogens with one attached hydrogen (secondary N) is 1. The lowest BCUT2D eigenvalue weighted by Gasteiger charge is -2.39. The van der Waals surface area contributed by atoms with Gasteiger partial charge in [0.05, 0.1) is 5.69 Å². The van der Waals surface area contributed by atoms with Crippen molar-refractivity contribution >= 4 is 23.4 Å². The van der Waals surface area contributed by atoms with Crippen molar-refractivity contribution in [3.05, 3.63) is 30.1 Å². The van der Waals surface area contributed by atoms with E-state index < -0.39 is 17.3 Å². The minimum Gasteiger partial charge on any atom is -0.479 e. The maximum atomic E-state index is 13.6. The van der Waals surface area contributed by atoms with Crippen molar-refractivity contribution < 1.29 is 14.3 Å². The number of carbonyl (C=O) groups is 1. The van der Waals surface area contributed by atoms with E-state index in [1.807, 2.05) is 6.92 Å². The summed E-state index contributed by atoms with van der Waals surface area (Å²) < 4.78 is 13.6. The Morgan fingerprint density at radius 2 is 2.28 bits per heavy atom. The summed E-state index contributed by atoms with van der Waals surface area (Å²) in [5.41, 5.74) is -0.820. The molecule has 0 bridgehead atoms. The van der Waals surface area contributed by atoms with E-state index in [0.717, 1.165) is 12.2 Å². The molecule has 1 saturated heterocycles. The van der Waals surface area contributed by atoms with Crippen LogP contribution >= 0.6 is 11.8 Å². The standard InChI is InChI=1S/C13H16FNO2S/c1-9-13(12(16)17,7-4-8-18-9)15-11-6-3-2-5-10(11)14/h2-3,5-6,9,15H,4,7-8H2,1H3,(H,16,17). The Kier molecular flexibility index (Phi) is 3.80. The number of hydrogen-bond acceptors (Lipinski definition) is 3. The van der Waals surface area contributed by atoms with Gasteiger partial charge in [0.1, 0.15) is 11.4 Å². The summed E-state index contributed by atoms with van der Waals surface area (Å²) in [7, 11) is 0. The van der Waals surface area contributed by atoms with Gasteiger partial charge in [-0.3, -0.25) is 0 Å². The van der Waals surface area contributed by atoms with E-state index in [0.29, 0.717) is 6.42 Å². The largest absolute Gasteiger partial charge is 0.479 e. The van der Waals surface area contributed by atoms with Crippen molar-refractivity contribution in [1.82, 2.24) is 0 Å². The maximum Gasteiger partial charge on any atom is 0.330 e. The predicted molar refractivity (Wildman–Crippen MR) is 71.5 cm³/mol. The first-order valence-corrected chi connectivity index (χ1v) is 6.99. The molecule has 1 aromatic rings. The third-order valence-corrected chi connectivity index (χ3v) is 4.82. The molecule has 0 amide bonds. The third kappa shape index (κ3) is 2.32. The van der Waals surface area contributed by atoms with Crippen LogP contribution in [0.1, 0.15) is 19.8 Å². The van der Waals surface area contributed by atoms with Gasteiger partial charge in [-0.05, 0) is 30.7 Å². The number of anilines is 1. The highest BCUT2D eigenvalue weighted by molar-refractivity contribution is 8.00. The average Bonchev–Trinajstić information content (AvgIpc) is 2.34. The van der Waals surface area contributed by atoms with Crippen LogP contribution in [0.15, 0.2) is 24.3 Å². The van der Waals surface area contributed by atoms with Crippen molar-refractivity contribution in [2.24, 2.45) is 0 Å². The molecular weight excluding hydrogens is 253 g/mol. The van der Waals surface area contributed by atoms with Gasteiger partial charge in [-0.15, -0.1) is 0 Å². The van der Waals surface area contributed by atoms with Crippen LogP contribution in [0.2, 0.25) is 0 Å². The fourth-order valence-electron chi connectivity index (χ4n) is 2.26. The number of rotatable bonds is 3. The summed E-state index contributed by atoms with van der Waals surface area (Å²) in [6, 6.07) is 6.19. The number of benzene rings is 1. The average molecular weight is 269 g/mol. The highest BCUT2D eigenvalue weighted by atomic mass is 32.2. The topological polar surface area (TPSA) is 49.3 Å². The molecule has 2 rings (SSSR count). The van der Waals surface area contributed by atoms with E-state index in [1.165, 1.54) is 6.07 Å². The number of thioether (sulfide) groups is 1. The van der Waals surface area contributed by atoms with Crippen molar-refractivity contribution in [2.45, 2.75) is 30.6 Å². The van der Waals surface area contributed by atoms with Crippen molar-refractivity contribution in [3.63, 3.8) is 0 Å². The smallest absolute Gasteiger partial charge is 0.330 e. The van der Waals surface area contributed by atoms with Crippen LogP contribution < -0.4 is 5.32 Å².